The van der Waals surface area contributed by atoms with Gasteiger partial charge >= 0.3 is 5.97 Å². The Balaban J connectivity index is 1.89. The van der Waals surface area contributed by atoms with Crippen molar-refractivity contribution in [2.24, 2.45) is 0 Å². The standard InChI is InChI=1S/C9H13NO5/c11-7(6-5-14-3-4-15-6)10-9(1-2-9)8(12)13/h6H,1-5H2,(H,10,11)(H,12,13). The zero-order valence-corrected chi connectivity index (χ0v) is 8.19. The summed E-state index contributed by atoms with van der Waals surface area (Å²) >= 11 is 0. The molecule has 2 N–H and O–H groups in total. The van der Waals surface area contributed by atoms with Gasteiger partial charge in [-0.05, 0) is 12.8 Å². The number of amides is 1. The fourth-order valence-electron chi connectivity index (χ4n) is 1.47. The van der Waals surface area contributed by atoms with Crippen molar-refractivity contribution in [1.82, 2.24) is 5.32 Å². The van der Waals surface area contributed by atoms with Crippen LogP contribution in [0, 0.1) is 0 Å². The quantitative estimate of drug-likeness (QED) is 0.639. The fourth-order valence-corrected chi connectivity index (χ4v) is 1.47. The number of carbonyl (C=O) groups is 2. The molecule has 15 heavy (non-hydrogen) atoms. The second kappa shape index (κ2) is 3.79. The van der Waals surface area contributed by atoms with Crippen LogP contribution in [-0.4, -0.2) is 48.4 Å². The summed E-state index contributed by atoms with van der Waals surface area (Å²) in [5.74, 6) is -1.37. The first kappa shape index (κ1) is 10.4. The summed E-state index contributed by atoms with van der Waals surface area (Å²) in [7, 11) is 0. The highest BCUT2D eigenvalue weighted by molar-refractivity contribution is 5.91. The lowest BCUT2D eigenvalue weighted by molar-refractivity contribution is -0.153. The summed E-state index contributed by atoms with van der Waals surface area (Å²) in [6.07, 6.45) is 0.305. The summed E-state index contributed by atoms with van der Waals surface area (Å²) in [5, 5.41) is 11.4. The van der Waals surface area contributed by atoms with Gasteiger partial charge in [-0.1, -0.05) is 0 Å². The molecule has 0 bridgehead atoms. The summed E-state index contributed by atoms with van der Waals surface area (Å²) in [5.41, 5.74) is -1.04. The number of aliphatic carboxylic acids is 1. The summed E-state index contributed by atoms with van der Waals surface area (Å²) < 4.78 is 10.2. The molecule has 0 aromatic heterocycles. The van der Waals surface area contributed by atoms with Crippen molar-refractivity contribution in [3.8, 4) is 0 Å². The number of hydrogen-bond acceptors (Lipinski definition) is 4. The molecule has 0 spiro atoms. The number of carboxylic acid groups (broad SMARTS) is 1. The van der Waals surface area contributed by atoms with E-state index in [-0.39, 0.29) is 6.61 Å². The minimum atomic E-state index is -1.04. The van der Waals surface area contributed by atoms with E-state index in [1.165, 1.54) is 0 Å². The molecule has 0 aromatic rings. The molecular weight excluding hydrogens is 202 g/mol. The molecule has 1 amide bonds. The Kier molecular flexibility index (Phi) is 2.62. The molecule has 1 saturated heterocycles. The average molecular weight is 215 g/mol. The van der Waals surface area contributed by atoms with Crippen LogP contribution in [0.25, 0.3) is 0 Å². The number of nitrogens with one attached hydrogen (secondary N) is 1. The van der Waals surface area contributed by atoms with Crippen LogP contribution in [0.4, 0.5) is 0 Å². The van der Waals surface area contributed by atoms with Gasteiger partial charge in [-0.15, -0.1) is 0 Å². The Hall–Kier alpha value is -1.14. The summed E-state index contributed by atoms with van der Waals surface area (Å²) in [6.45, 7) is 1.05. The topological polar surface area (TPSA) is 84.9 Å². The predicted molar refractivity (Wildman–Crippen MR) is 48.3 cm³/mol. The smallest absolute Gasteiger partial charge is 0.329 e. The van der Waals surface area contributed by atoms with E-state index in [4.69, 9.17) is 14.6 Å². The third kappa shape index (κ3) is 2.10. The van der Waals surface area contributed by atoms with Crippen LogP contribution in [0.3, 0.4) is 0 Å². The van der Waals surface area contributed by atoms with Gasteiger partial charge in [0.15, 0.2) is 6.10 Å². The van der Waals surface area contributed by atoms with E-state index in [9.17, 15) is 9.59 Å². The van der Waals surface area contributed by atoms with E-state index in [0.717, 1.165) is 0 Å². The highest BCUT2D eigenvalue weighted by atomic mass is 16.6. The molecule has 1 heterocycles. The van der Waals surface area contributed by atoms with E-state index in [1.54, 1.807) is 0 Å². The van der Waals surface area contributed by atoms with Gasteiger partial charge < -0.3 is 19.9 Å². The number of hydrogen-bond donors (Lipinski definition) is 2. The molecule has 1 unspecified atom stereocenters. The van der Waals surface area contributed by atoms with E-state index in [2.05, 4.69) is 5.32 Å². The van der Waals surface area contributed by atoms with Gasteiger partial charge in [0.05, 0.1) is 19.8 Å². The second-order valence-corrected chi connectivity index (χ2v) is 3.81. The van der Waals surface area contributed by atoms with Gasteiger partial charge in [-0.2, -0.15) is 0 Å². The number of carboxylic acids is 1. The lowest BCUT2D eigenvalue weighted by Crippen LogP contribution is -2.50. The van der Waals surface area contributed by atoms with Crippen LogP contribution in [0.15, 0.2) is 0 Å². The van der Waals surface area contributed by atoms with Gasteiger partial charge in [0.25, 0.3) is 5.91 Å². The molecule has 2 rings (SSSR count). The molecule has 2 fully saturated rings. The molecule has 0 radical (unpaired) electrons. The molecular formula is C9H13NO5. The number of rotatable bonds is 3. The lowest BCUT2D eigenvalue weighted by atomic mass is 10.2. The first-order chi connectivity index (χ1) is 7.14. The van der Waals surface area contributed by atoms with Crippen molar-refractivity contribution >= 4 is 11.9 Å². The maximum atomic E-state index is 11.6. The van der Waals surface area contributed by atoms with Crippen LogP contribution >= 0.6 is 0 Å². The van der Waals surface area contributed by atoms with Crippen molar-refractivity contribution < 1.29 is 24.2 Å². The minimum Gasteiger partial charge on any atom is -0.480 e. The Morgan fingerprint density at radius 2 is 2.07 bits per heavy atom. The normalized spacial score (nSPS) is 28.1. The first-order valence-electron chi connectivity index (χ1n) is 4.89. The Bertz CT molecular complexity index is 280. The fraction of sp³-hybridized carbons (Fsp3) is 0.778. The predicted octanol–water partition coefficient (Wildman–Crippen LogP) is -0.865. The maximum Gasteiger partial charge on any atom is 0.329 e. The number of ether oxygens (including phenoxy) is 2. The maximum absolute atomic E-state index is 11.6. The SMILES string of the molecule is O=C(NC1(C(=O)O)CC1)C1COCCO1. The zero-order valence-electron chi connectivity index (χ0n) is 8.19. The van der Waals surface area contributed by atoms with E-state index in [1.807, 2.05) is 0 Å². The molecule has 6 heteroatoms. The van der Waals surface area contributed by atoms with Crippen LogP contribution in [0.5, 0.6) is 0 Å². The highest BCUT2D eigenvalue weighted by Gasteiger charge is 2.52. The van der Waals surface area contributed by atoms with Crippen LogP contribution in [0.2, 0.25) is 0 Å². The van der Waals surface area contributed by atoms with Crippen LogP contribution in [-0.2, 0) is 19.1 Å². The van der Waals surface area contributed by atoms with Gasteiger partial charge in [-0.3, -0.25) is 4.79 Å². The minimum absolute atomic E-state index is 0.196. The largest absolute Gasteiger partial charge is 0.480 e. The molecule has 84 valence electrons. The Morgan fingerprint density at radius 3 is 2.53 bits per heavy atom. The molecule has 0 aromatic carbocycles. The van der Waals surface area contributed by atoms with Gasteiger partial charge in [0.2, 0.25) is 0 Å². The molecule has 6 nitrogen and oxygen atoms in total. The molecule has 1 saturated carbocycles. The second-order valence-electron chi connectivity index (χ2n) is 3.81. The Morgan fingerprint density at radius 1 is 1.33 bits per heavy atom. The van der Waals surface area contributed by atoms with Crippen molar-refractivity contribution in [3.63, 3.8) is 0 Å². The van der Waals surface area contributed by atoms with Gasteiger partial charge in [-0.25, -0.2) is 4.79 Å². The monoisotopic (exact) mass is 215 g/mol. The summed E-state index contributed by atoms with van der Waals surface area (Å²) in [4.78, 5) is 22.4. The van der Waals surface area contributed by atoms with Gasteiger partial charge in [0, 0.05) is 0 Å². The molecule has 1 aliphatic carbocycles. The Labute approximate surface area is 86.5 Å². The zero-order chi connectivity index (χ0) is 10.9. The molecule has 1 atom stereocenters. The number of carbonyl (C=O) groups excluding carboxylic acids is 1. The van der Waals surface area contributed by atoms with Crippen molar-refractivity contribution in [3.05, 3.63) is 0 Å². The van der Waals surface area contributed by atoms with E-state index >= 15 is 0 Å². The molecule has 1 aliphatic heterocycles. The summed E-state index contributed by atoms with van der Waals surface area (Å²) in [6, 6.07) is 0. The van der Waals surface area contributed by atoms with E-state index in [0.29, 0.717) is 26.1 Å². The third-order valence-electron chi connectivity index (χ3n) is 2.63. The van der Waals surface area contributed by atoms with Crippen LogP contribution < -0.4 is 5.32 Å². The highest BCUT2D eigenvalue weighted by Crippen LogP contribution is 2.35. The van der Waals surface area contributed by atoms with Crippen molar-refractivity contribution in [2.45, 2.75) is 24.5 Å². The lowest BCUT2D eigenvalue weighted by Gasteiger charge is -2.23. The van der Waals surface area contributed by atoms with Gasteiger partial charge in [0.1, 0.15) is 5.54 Å². The first-order valence-corrected chi connectivity index (χ1v) is 4.89. The third-order valence-corrected chi connectivity index (χ3v) is 2.63. The van der Waals surface area contributed by atoms with Crippen molar-refractivity contribution in [1.29, 1.82) is 0 Å². The average Bonchev–Trinajstić information content (AvgIpc) is 3.00. The van der Waals surface area contributed by atoms with Crippen LogP contribution in [0.1, 0.15) is 12.8 Å². The van der Waals surface area contributed by atoms with Crippen molar-refractivity contribution in [2.75, 3.05) is 19.8 Å². The molecule has 2 aliphatic rings. The van der Waals surface area contributed by atoms with E-state index < -0.39 is 23.5 Å².